The number of rotatable bonds is 3. The van der Waals surface area contributed by atoms with Gasteiger partial charge in [0.05, 0.1) is 0 Å². The van der Waals surface area contributed by atoms with Crippen LogP contribution in [0.2, 0.25) is 0 Å². The van der Waals surface area contributed by atoms with E-state index >= 15 is 0 Å². The summed E-state index contributed by atoms with van der Waals surface area (Å²) in [5, 5.41) is 6.74. The summed E-state index contributed by atoms with van der Waals surface area (Å²) in [5.74, 6) is 0.610. The van der Waals surface area contributed by atoms with Crippen molar-refractivity contribution in [3.8, 4) is 0 Å². The summed E-state index contributed by atoms with van der Waals surface area (Å²) in [5.41, 5.74) is 1.73. The lowest BCUT2D eigenvalue weighted by atomic mass is 9.98. The first-order valence-electron chi connectivity index (χ1n) is 5.96. The topological polar surface area (TPSA) is 24.1 Å². The largest absolute Gasteiger partial charge is 0.385 e. The molecule has 1 saturated heterocycles. The Morgan fingerprint density at radius 1 is 1.38 bits per heavy atom. The molecule has 0 aromatic heterocycles. The van der Waals surface area contributed by atoms with Crippen LogP contribution in [0.15, 0.2) is 18.2 Å². The van der Waals surface area contributed by atoms with Crippen LogP contribution in [0.5, 0.6) is 0 Å². The molecular formula is C13H19FN2. The van der Waals surface area contributed by atoms with Crippen LogP contribution in [-0.2, 0) is 0 Å². The molecule has 0 spiro atoms. The Balaban J connectivity index is 1.86. The van der Waals surface area contributed by atoms with Crippen molar-refractivity contribution >= 4 is 5.69 Å². The number of nitrogens with one attached hydrogen (secondary N) is 2. The van der Waals surface area contributed by atoms with Gasteiger partial charge in [0.2, 0.25) is 0 Å². The van der Waals surface area contributed by atoms with Crippen molar-refractivity contribution in [2.75, 3.05) is 25.0 Å². The number of halogens is 1. The molecule has 1 aliphatic heterocycles. The van der Waals surface area contributed by atoms with Crippen LogP contribution in [0.25, 0.3) is 0 Å². The number of anilines is 1. The molecule has 1 aromatic rings. The maximum Gasteiger partial charge on any atom is 0.126 e. The number of benzene rings is 1. The lowest BCUT2D eigenvalue weighted by Gasteiger charge is -2.23. The molecule has 2 nitrogen and oxygen atoms in total. The highest BCUT2D eigenvalue weighted by Crippen LogP contribution is 2.16. The van der Waals surface area contributed by atoms with Gasteiger partial charge in [-0.2, -0.15) is 0 Å². The molecule has 1 aliphatic rings. The third-order valence-corrected chi connectivity index (χ3v) is 3.21. The number of hydrogen-bond acceptors (Lipinski definition) is 2. The highest BCUT2D eigenvalue weighted by molar-refractivity contribution is 5.45. The zero-order chi connectivity index (χ0) is 11.4. The minimum absolute atomic E-state index is 0.132. The Morgan fingerprint density at radius 2 is 2.12 bits per heavy atom. The molecule has 0 aliphatic carbocycles. The van der Waals surface area contributed by atoms with E-state index in [0.29, 0.717) is 5.56 Å². The molecule has 1 aromatic carbocycles. The summed E-state index contributed by atoms with van der Waals surface area (Å²) in [6.07, 6.45) is 2.46. The molecule has 1 fully saturated rings. The van der Waals surface area contributed by atoms with Crippen LogP contribution in [0.4, 0.5) is 10.1 Å². The second-order valence-corrected chi connectivity index (χ2v) is 4.54. The van der Waals surface area contributed by atoms with E-state index in [1.54, 1.807) is 6.92 Å². The lowest BCUT2D eigenvalue weighted by Crippen LogP contribution is -2.31. The number of piperidine rings is 1. The third kappa shape index (κ3) is 2.95. The Bertz CT molecular complexity index is 346. The predicted molar refractivity (Wildman–Crippen MR) is 65.2 cm³/mol. The maximum atomic E-state index is 13.1. The molecule has 0 radical (unpaired) electrons. The molecule has 3 heteroatoms. The molecule has 16 heavy (non-hydrogen) atoms. The minimum atomic E-state index is -0.132. The predicted octanol–water partition coefficient (Wildman–Crippen LogP) is 2.55. The van der Waals surface area contributed by atoms with Crippen LogP contribution < -0.4 is 10.6 Å². The summed E-state index contributed by atoms with van der Waals surface area (Å²) in [6, 6.07) is 5.21. The fraction of sp³-hybridized carbons (Fsp3) is 0.538. The first kappa shape index (κ1) is 11.4. The van der Waals surface area contributed by atoms with Crippen molar-refractivity contribution in [2.45, 2.75) is 19.8 Å². The minimum Gasteiger partial charge on any atom is -0.385 e. The fourth-order valence-corrected chi connectivity index (χ4v) is 2.10. The SMILES string of the molecule is Cc1cc(NCC2CCNCC2)ccc1F. The second kappa shape index (κ2) is 5.30. The summed E-state index contributed by atoms with van der Waals surface area (Å²) >= 11 is 0. The highest BCUT2D eigenvalue weighted by atomic mass is 19.1. The van der Waals surface area contributed by atoms with E-state index in [1.807, 2.05) is 12.1 Å². The number of hydrogen-bond donors (Lipinski definition) is 2. The van der Waals surface area contributed by atoms with E-state index < -0.39 is 0 Å². The molecule has 0 unspecified atom stereocenters. The molecule has 0 saturated carbocycles. The molecule has 0 atom stereocenters. The third-order valence-electron chi connectivity index (χ3n) is 3.21. The quantitative estimate of drug-likeness (QED) is 0.821. The Morgan fingerprint density at radius 3 is 2.81 bits per heavy atom. The van der Waals surface area contributed by atoms with Crippen molar-refractivity contribution < 1.29 is 4.39 Å². The van der Waals surface area contributed by atoms with E-state index in [9.17, 15) is 4.39 Å². The van der Waals surface area contributed by atoms with Gasteiger partial charge < -0.3 is 10.6 Å². The monoisotopic (exact) mass is 222 g/mol. The van der Waals surface area contributed by atoms with Crippen LogP contribution in [0.3, 0.4) is 0 Å². The van der Waals surface area contributed by atoms with E-state index in [2.05, 4.69) is 10.6 Å². The van der Waals surface area contributed by atoms with Crippen LogP contribution in [0.1, 0.15) is 18.4 Å². The smallest absolute Gasteiger partial charge is 0.126 e. The maximum absolute atomic E-state index is 13.1. The summed E-state index contributed by atoms with van der Waals surface area (Å²) in [4.78, 5) is 0. The van der Waals surface area contributed by atoms with Gasteiger partial charge in [0.1, 0.15) is 5.82 Å². The van der Waals surface area contributed by atoms with Gasteiger partial charge in [-0.1, -0.05) is 0 Å². The molecule has 2 N–H and O–H groups in total. The van der Waals surface area contributed by atoms with Gasteiger partial charge in [0.25, 0.3) is 0 Å². The Labute approximate surface area is 96.2 Å². The van der Waals surface area contributed by atoms with Crippen LogP contribution >= 0.6 is 0 Å². The van der Waals surface area contributed by atoms with Crippen LogP contribution in [-0.4, -0.2) is 19.6 Å². The lowest BCUT2D eigenvalue weighted by molar-refractivity contribution is 0.390. The van der Waals surface area contributed by atoms with E-state index in [0.717, 1.165) is 31.2 Å². The van der Waals surface area contributed by atoms with Gasteiger partial charge in [-0.3, -0.25) is 0 Å². The van der Waals surface area contributed by atoms with E-state index in [-0.39, 0.29) is 5.82 Å². The van der Waals surface area contributed by atoms with Gasteiger partial charge in [-0.15, -0.1) is 0 Å². The van der Waals surface area contributed by atoms with Crippen molar-refractivity contribution in [2.24, 2.45) is 5.92 Å². The Kier molecular flexibility index (Phi) is 3.78. The molecule has 0 amide bonds. The number of aryl methyl sites for hydroxylation is 1. The molecular weight excluding hydrogens is 203 g/mol. The van der Waals surface area contributed by atoms with Gasteiger partial charge in [-0.25, -0.2) is 4.39 Å². The van der Waals surface area contributed by atoms with Gasteiger partial charge >= 0.3 is 0 Å². The van der Waals surface area contributed by atoms with Crippen molar-refractivity contribution in [1.29, 1.82) is 0 Å². The second-order valence-electron chi connectivity index (χ2n) is 4.54. The Hall–Kier alpha value is -1.09. The van der Waals surface area contributed by atoms with Gasteiger partial charge in [-0.05, 0) is 62.5 Å². The molecule has 2 rings (SSSR count). The summed E-state index contributed by atoms with van der Waals surface area (Å²) in [6.45, 7) is 5.03. The zero-order valence-electron chi connectivity index (χ0n) is 9.72. The highest BCUT2D eigenvalue weighted by Gasteiger charge is 2.12. The average molecular weight is 222 g/mol. The first-order valence-corrected chi connectivity index (χ1v) is 5.96. The van der Waals surface area contributed by atoms with Crippen molar-refractivity contribution in [3.63, 3.8) is 0 Å². The summed E-state index contributed by atoms with van der Waals surface area (Å²) in [7, 11) is 0. The van der Waals surface area contributed by atoms with E-state index in [1.165, 1.54) is 18.9 Å². The standard InChI is InChI=1S/C13H19FN2/c1-10-8-12(2-3-13(10)14)16-9-11-4-6-15-7-5-11/h2-3,8,11,15-16H,4-7,9H2,1H3. The van der Waals surface area contributed by atoms with Gasteiger partial charge in [0.15, 0.2) is 0 Å². The molecule has 0 bridgehead atoms. The fourth-order valence-electron chi connectivity index (χ4n) is 2.10. The van der Waals surface area contributed by atoms with E-state index in [4.69, 9.17) is 0 Å². The molecule has 1 heterocycles. The average Bonchev–Trinajstić information content (AvgIpc) is 2.32. The zero-order valence-corrected chi connectivity index (χ0v) is 9.72. The van der Waals surface area contributed by atoms with Crippen molar-refractivity contribution in [1.82, 2.24) is 5.32 Å². The van der Waals surface area contributed by atoms with Gasteiger partial charge in [0, 0.05) is 12.2 Å². The molecule has 88 valence electrons. The summed E-state index contributed by atoms with van der Waals surface area (Å²) < 4.78 is 13.1. The van der Waals surface area contributed by atoms with Crippen LogP contribution in [0, 0.1) is 18.7 Å². The normalized spacial score (nSPS) is 17.4. The van der Waals surface area contributed by atoms with Crippen molar-refractivity contribution in [3.05, 3.63) is 29.6 Å². The first-order chi connectivity index (χ1) is 7.75.